The van der Waals surface area contributed by atoms with E-state index in [9.17, 15) is 4.79 Å². The molecular weight excluding hydrogens is 266 g/mol. The first-order valence-corrected chi connectivity index (χ1v) is 6.45. The predicted molar refractivity (Wildman–Crippen MR) is 80.5 cm³/mol. The second-order valence-corrected chi connectivity index (χ2v) is 4.49. The molecule has 2 aromatic rings. The van der Waals surface area contributed by atoms with Crippen molar-refractivity contribution >= 4 is 17.7 Å². The second-order valence-electron chi connectivity index (χ2n) is 4.49. The van der Waals surface area contributed by atoms with E-state index in [0.717, 1.165) is 11.8 Å². The standard InChI is InChI=1S/C16H15N3O2/c1-12-7-9-13(10-8-12)16(20)15(11-17-21)19-18-14-5-3-2-4-6-14/h2-11,15,21H,1H3. The van der Waals surface area contributed by atoms with E-state index in [1.807, 2.05) is 37.3 Å². The van der Waals surface area contributed by atoms with E-state index in [-0.39, 0.29) is 5.78 Å². The van der Waals surface area contributed by atoms with E-state index < -0.39 is 6.04 Å². The first kappa shape index (κ1) is 14.6. The van der Waals surface area contributed by atoms with E-state index in [4.69, 9.17) is 5.21 Å². The molecule has 0 aromatic heterocycles. The minimum Gasteiger partial charge on any atom is -0.411 e. The molecule has 0 radical (unpaired) electrons. The van der Waals surface area contributed by atoms with Crippen molar-refractivity contribution in [2.75, 3.05) is 0 Å². The van der Waals surface area contributed by atoms with Crippen LogP contribution in [0, 0.1) is 6.92 Å². The first-order valence-electron chi connectivity index (χ1n) is 6.45. The SMILES string of the molecule is Cc1ccc(C(=O)C(C=NO)N=Nc2ccccc2)cc1. The summed E-state index contributed by atoms with van der Waals surface area (Å²) in [5.41, 5.74) is 2.19. The Morgan fingerprint density at radius 1 is 1.10 bits per heavy atom. The zero-order valence-electron chi connectivity index (χ0n) is 11.5. The van der Waals surface area contributed by atoms with Gasteiger partial charge in [0.2, 0.25) is 0 Å². The highest BCUT2D eigenvalue weighted by molar-refractivity contribution is 6.09. The molecular formula is C16H15N3O2. The van der Waals surface area contributed by atoms with Gasteiger partial charge in [-0.1, -0.05) is 53.2 Å². The summed E-state index contributed by atoms with van der Waals surface area (Å²) in [4.78, 5) is 12.3. The molecule has 2 aromatic carbocycles. The quantitative estimate of drug-likeness (QED) is 0.297. The normalized spacial score (nSPS) is 12.8. The van der Waals surface area contributed by atoms with Gasteiger partial charge in [-0.2, -0.15) is 10.2 Å². The number of benzene rings is 2. The van der Waals surface area contributed by atoms with Gasteiger partial charge in [0.15, 0.2) is 11.8 Å². The summed E-state index contributed by atoms with van der Waals surface area (Å²) in [5, 5.41) is 19.5. The van der Waals surface area contributed by atoms with Crippen LogP contribution < -0.4 is 0 Å². The average Bonchev–Trinajstić information content (AvgIpc) is 2.52. The van der Waals surface area contributed by atoms with Gasteiger partial charge in [-0.15, -0.1) is 0 Å². The predicted octanol–water partition coefficient (Wildman–Crippen LogP) is 3.79. The third-order valence-electron chi connectivity index (χ3n) is 2.87. The molecule has 1 unspecified atom stereocenters. The highest BCUT2D eigenvalue weighted by Crippen LogP contribution is 2.13. The molecule has 1 N–H and O–H groups in total. The van der Waals surface area contributed by atoms with Gasteiger partial charge in [0, 0.05) is 5.56 Å². The molecule has 106 valence electrons. The van der Waals surface area contributed by atoms with Gasteiger partial charge < -0.3 is 5.21 Å². The molecule has 5 nitrogen and oxygen atoms in total. The smallest absolute Gasteiger partial charge is 0.194 e. The lowest BCUT2D eigenvalue weighted by molar-refractivity contribution is 0.0983. The lowest BCUT2D eigenvalue weighted by atomic mass is 10.0. The fraction of sp³-hybridized carbons (Fsp3) is 0.125. The van der Waals surface area contributed by atoms with Crippen LogP contribution in [0.25, 0.3) is 0 Å². The van der Waals surface area contributed by atoms with Crippen LogP contribution in [0.2, 0.25) is 0 Å². The molecule has 0 aliphatic rings. The van der Waals surface area contributed by atoms with Crippen LogP contribution in [0.5, 0.6) is 0 Å². The fourth-order valence-corrected chi connectivity index (χ4v) is 1.73. The van der Waals surface area contributed by atoms with Crippen molar-refractivity contribution in [2.45, 2.75) is 13.0 Å². The maximum absolute atomic E-state index is 12.3. The summed E-state index contributed by atoms with van der Waals surface area (Å²) < 4.78 is 0. The van der Waals surface area contributed by atoms with E-state index in [2.05, 4.69) is 15.4 Å². The molecule has 0 aliphatic heterocycles. The molecule has 1 atom stereocenters. The molecule has 0 amide bonds. The van der Waals surface area contributed by atoms with Gasteiger partial charge in [0.05, 0.1) is 11.9 Å². The Balaban J connectivity index is 2.20. The molecule has 0 heterocycles. The highest BCUT2D eigenvalue weighted by Gasteiger charge is 2.18. The van der Waals surface area contributed by atoms with Gasteiger partial charge in [0.25, 0.3) is 0 Å². The molecule has 0 aliphatic carbocycles. The Hall–Kier alpha value is -2.82. The van der Waals surface area contributed by atoms with Crippen LogP contribution >= 0.6 is 0 Å². The number of rotatable bonds is 5. The third-order valence-corrected chi connectivity index (χ3v) is 2.87. The maximum atomic E-state index is 12.3. The van der Waals surface area contributed by atoms with Crippen LogP contribution in [0.4, 0.5) is 5.69 Å². The number of hydrogen-bond acceptors (Lipinski definition) is 5. The molecule has 0 saturated heterocycles. The Kier molecular flexibility index (Phi) is 4.93. The minimum absolute atomic E-state index is 0.271. The Bertz CT molecular complexity index is 649. The Labute approximate surface area is 122 Å². The van der Waals surface area contributed by atoms with Crippen molar-refractivity contribution in [3.05, 3.63) is 65.7 Å². The van der Waals surface area contributed by atoms with Crippen molar-refractivity contribution in [3.63, 3.8) is 0 Å². The van der Waals surface area contributed by atoms with Gasteiger partial charge in [0.1, 0.15) is 0 Å². The Morgan fingerprint density at radius 2 is 1.76 bits per heavy atom. The zero-order chi connectivity index (χ0) is 15.1. The van der Waals surface area contributed by atoms with Gasteiger partial charge in [-0.25, -0.2) is 0 Å². The van der Waals surface area contributed by atoms with Crippen molar-refractivity contribution in [2.24, 2.45) is 15.4 Å². The Morgan fingerprint density at radius 3 is 2.38 bits per heavy atom. The number of oxime groups is 1. The largest absolute Gasteiger partial charge is 0.411 e. The van der Waals surface area contributed by atoms with Crippen LogP contribution in [0.3, 0.4) is 0 Å². The van der Waals surface area contributed by atoms with Crippen LogP contribution in [-0.2, 0) is 0 Å². The molecule has 0 saturated carbocycles. The van der Waals surface area contributed by atoms with E-state index in [0.29, 0.717) is 11.3 Å². The number of hydrogen-bond donors (Lipinski definition) is 1. The summed E-state index contributed by atoms with van der Waals surface area (Å²) in [6.45, 7) is 1.94. The number of Topliss-reactive ketones (excluding diaryl/α,β-unsaturated/α-hetero) is 1. The van der Waals surface area contributed by atoms with Crippen molar-refractivity contribution < 1.29 is 10.0 Å². The number of nitrogens with zero attached hydrogens (tertiary/aromatic N) is 3. The summed E-state index contributed by atoms with van der Waals surface area (Å²) in [7, 11) is 0. The number of ketones is 1. The number of aryl methyl sites for hydroxylation is 1. The number of carbonyl (C=O) groups excluding carboxylic acids is 1. The van der Waals surface area contributed by atoms with Crippen molar-refractivity contribution in [3.8, 4) is 0 Å². The molecule has 0 spiro atoms. The molecule has 21 heavy (non-hydrogen) atoms. The van der Waals surface area contributed by atoms with Gasteiger partial charge in [-0.3, -0.25) is 4.79 Å². The summed E-state index contributed by atoms with van der Waals surface area (Å²) in [6, 6.07) is 15.2. The monoisotopic (exact) mass is 281 g/mol. The second kappa shape index (κ2) is 7.09. The van der Waals surface area contributed by atoms with E-state index in [1.165, 1.54) is 0 Å². The summed E-state index contributed by atoms with van der Waals surface area (Å²) in [6.07, 6.45) is 1.06. The van der Waals surface area contributed by atoms with Crippen molar-refractivity contribution in [1.29, 1.82) is 0 Å². The zero-order valence-corrected chi connectivity index (χ0v) is 11.5. The van der Waals surface area contributed by atoms with Crippen LogP contribution in [-0.4, -0.2) is 23.2 Å². The third kappa shape index (κ3) is 4.07. The topological polar surface area (TPSA) is 74.4 Å². The number of azo groups is 1. The molecule has 2 rings (SSSR count). The molecule has 5 heteroatoms. The lowest BCUT2D eigenvalue weighted by Crippen LogP contribution is -2.20. The van der Waals surface area contributed by atoms with E-state index in [1.54, 1.807) is 24.3 Å². The van der Waals surface area contributed by atoms with Gasteiger partial charge in [-0.05, 0) is 19.1 Å². The van der Waals surface area contributed by atoms with Crippen LogP contribution in [0.15, 0.2) is 70.0 Å². The van der Waals surface area contributed by atoms with E-state index >= 15 is 0 Å². The van der Waals surface area contributed by atoms with Crippen molar-refractivity contribution in [1.82, 2.24) is 0 Å². The molecule has 0 fully saturated rings. The maximum Gasteiger partial charge on any atom is 0.194 e. The molecule has 0 bridgehead atoms. The summed E-state index contributed by atoms with van der Waals surface area (Å²) in [5.74, 6) is -0.271. The minimum atomic E-state index is -0.946. The summed E-state index contributed by atoms with van der Waals surface area (Å²) >= 11 is 0. The first-order chi connectivity index (χ1) is 10.2. The fourth-order valence-electron chi connectivity index (χ4n) is 1.73. The lowest BCUT2D eigenvalue weighted by Gasteiger charge is -2.05. The van der Waals surface area contributed by atoms with Gasteiger partial charge >= 0.3 is 0 Å². The number of carbonyl (C=O) groups is 1. The highest BCUT2D eigenvalue weighted by atomic mass is 16.4. The van der Waals surface area contributed by atoms with Crippen LogP contribution in [0.1, 0.15) is 15.9 Å². The average molecular weight is 281 g/mol.